The molecule has 2 aliphatic carbocycles. The third kappa shape index (κ3) is 3.71. The highest BCUT2D eigenvalue weighted by Crippen LogP contribution is 2.39. The molecule has 4 unspecified atom stereocenters. The van der Waals surface area contributed by atoms with Crippen molar-refractivity contribution in [2.24, 2.45) is 23.2 Å². The fourth-order valence-corrected chi connectivity index (χ4v) is 4.44. The van der Waals surface area contributed by atoms with E-state index in [4.69, 9.17) is 0 Å². The highest BCUT2D eigenvalue weighted by atomic mass is 16.3. The highest BCUT2D eigenvalue weighted by Gasteiger charge is 2.33. The molecule has 0 aromatic carbocycles. The molecule has 2 aliphatic rings. The second kappa shape index (κ2) is 5.92. The molecular weight excluding hydrogens is 222 g/mol. The molecule has 2 fully saturated rings. The molecular formula is C16H31NO. The zero-order chi connectivity index (χ0) is 13.2. The van der Waals surface area contributed by atoms with Gasteiger partial charge < -0.3 is 10.4 Å². The monoisotopic (exact) mass is 253 g/mol. The number of rotatable bonds is 4. The first-order valence-corrected chi connectivity index (χ1v) is 7.84. The fraction of sp³-hybridized carbons (Fsp3) is 1.00. The van der Waals surface area contributed by atoms with Crippen LogP contribution in [-0.4, -0.2) is 24.3 Å². The van der Waals surface area contributed by atoms with Crippen molar-refractivity contribution in [1.82, 2.24) is 5.32 Å². The topological polar surface area (TPSA) is 32.3 Å². The van der Waals surface area contributed by atoms with Crippen LogP contribution in [0, 0.1) is 23.2 Å². The number of aliphatic hydroxyl groups excluding tert-OH is 1. The smallest absolute Gasteiger partial charge is 0.0462 e. The molecule has 0 amide bonds. The standard InChI is InChI=1S/C16H31NO/c1-12-7-15(9-16(2,3)8-12)17-10-13-5-4-6-14(13)11-18/h12-15,17-18H,4-11H2,1-3H3. The van der Waals surface area contributed by atoms with E-state index in [-0.39, 0.29) is 0 Å². The summed E-state index contributed by atoms with van der Waals surface area (Å²) in [5.41, 5.74) is 0.501. The van der Waals surface area contributed by atoms with E-state index < -0.39 is 0 Å². The van der Waals surface area contributed by atoms with Gasteiger partial charge in [-0.15, -0.1) is 0 Å². The molecule has 0 saturated heterocycles. The van der Waals surface area contributed by atoms with Crippen LogP contribution >= 0.6 is 0 Å². The minimum Gasteiger partial charge on any atom is -0.396 e. The second-order valence-electron chi connectivity index (χ2n) is 7.65. The van der Waals surface area contributed by atoms with Gasteiger partial charge in [0.25, 0.3) is 0 Å². The van der Waals surface area contributed by atoms with Gasteiger partial charge in [-0.3, -0.25) is 0 Å². The molecule has 2 nitrogen and oxygen atoms in total. The molecule has 2 saturated carbocycles. The van der Waals surface area contributed by atoms with E-state index in [9.17, 15) is 5.11 Å². The summed E-state index contributed by atoms with van der Waals surface area (Å²) in [6.07, 6.45) is 7.87. The predicted molar refractivity (Wildman–Crippen MR) is 76.5 cm³/mol. The summed E-state index contributed by atoms with van der Waals surface area (Å²) in [7, 11) is 0. The van der Waals surface area contributed by atoms with Gasteiger partial charge in [0.05, 0.1) is 0 Å². The summed E-state index contributed by atoms with van der Waals surface area (Å²) in [4.78, 5) is 0. The van der Waals surface area contributed by atoms with Crippen molar-refractivity contribution in [1.29, 1.82) is 0 Å². The van der Waals surface area contributed by atoms with Crippen LogP contribution < -0.4 is 5.32 Å². The van der Waals surface area contributed by atoms with E-state index in [0.717, 1.165) is 18.4 Å². The summed E-state index contributed by atoms with van der Waals surface area (Å²) in [5.74, 6) is 2.13. The Labute approximate surface area is 113 Å². The Balaban J connectivity index is 1.79. The second-order valence-corrected chi connectivity index (χ2v) is 7.65. The van der Waals surface area contributed by atoms with Crippen LogP contribution in [0.5, 0.6) is 0 Å². The molecule has 0 aliphatic heterocycles. The summed E-state index contributed by atoms with van der Waals surface area (Å²) in [6, 6.07) is 0.698. The Kier molecular flexibility index (Phi) is 4.71. The Morgan fingerprint density at radius 1 is 1.17 bits per heavy atom. The maximum Gasteiger partial charge on any atom is 0.0462 e. The molecule has 0 heterocycles. The average Bonchev–Trinajstić information content (AvgIpc) is 2.70. The Morgan fingerprint density at radius 3 is 2.56 bits per heavy atom. The van der Waals surface area contributed by atoms with E-state index in [1.165, 1.54) is 38.5 Å². The van der Waals surface area contributed by atoms with Crippen molar-refractivity contribution >= 4 is 0 Å². The molecule has 106 valence electrons. The summed E-state index contributed by atoms with van der Waals surface area (Å²) in [6.45, 7) is 8.71. The lowest BCUT2D eigenvalue weighted by Gasteiger charge is -2.40. The van der Waals surface area contributed by atoms with Gasteiger partial charge in [-0.2, -0.15) is 0 Å². The molecule has 0 spiro atoms. The molecule has 18 heavy (non-hydrogen) atoms. The van der Waals surface area contributed by atoms with Gasteiger partial charge in [-0.1, -0.05) is 27.2 Å². The maximum atomic E-state index is 9.37. The van der Waals surface area contributed by atoms with Gasteiger partial charge in [-0.25, -0.2) is 0 Å². The molecule has 4 atom stereocenters. The largest absolute Gasteiger partial charge is 0.396 e. The first kappa shape index (κ1) is 14.3. The minimum absolute atomic E-state index is 0.388. The Morgan fingerprint density at radius 2 is 1.89 bits per heavy atom. The number of aliphatic hydroxyl groups is 1. The highest BCUT2D eigenvalue weighted by molar-refractivity contribution is 4.88. The zero-order valence-corrected chi connectivity index (χ0v) is 12.4. The van der Waals surface area contributed by atoms with E-state index in [0.29, 0.717) is 24.0 Å². The van der Waals surface area contributed by atoms with Crippen molar-refractivity contribution < 1.29 is 5.11 Å². The summed E-state index contributed by atoms with van der Waals surface area (Å²) >= 11 is 0. The molecule has 2 rings (SSSR count). The van der Waals surface area contributed by atoms with E-state index >= 15 is 0 Å². The summed E-state index contributed by atoms with van der Waals surface area (Å²) in [5, 5.41) is 13.2. The summed E-state index contributed by atoms with van der Waals surface area (Å²) < 4.78 is 0. The normalized spacial score (nSPS) is 40.0. The minimum atomic E-state index is 0.388. The van der Waals surface area contributed by atoms with E-state index in [1.54, 1.807) is 0 Å². The van der Waals surface area contributed by atoms with Gasteiger partial charge in [0, 0.05) is 12.6 Å². The molecule has 2 heteroatoms. The number of hydrogen-bond acceptors (Lipinski definition) is 2. The molecule has 2 N–H and O–H groups in total. The van der Waals surface area contributed by atoms with Crippen molar-refractivity contribution in [2.45, 2.75) is 65.3 Å². The van der Waals surface area contributed by atoms with Crippen LogP contribution in [0.15, 0.2) is 0 Å². The van der Waals surface area contributed by atoms with Crippen LogP contribution in [0.2, 0.25) is 0 Å². The lowest BCUT2D eigenvalue weighted by Crippen LogP contribution is -2.42. The lowest BCUT2D eigenvalue weighted by atomic mass is 9.70. The van der Waals surface area contributed by atoms with Crippen molar-refractivity contribution in [3.8, 4) is 0 Å². The van der Waals surface area contributed by atoms with Crippen LogP contribution in [0.3, 0.4) is 0 Å². The average molecular weight is 253 g/mol. The molecule has 0 bridgehead atoms. The van der Waals surface area contributed by atoms with Crippen LogP contribution in [-0.2, 0) is 0 Å². The van der Waals surface area contributed by atoms with E-state index in [2.05, 4.69) is 26.1 Å². The third-order valence-electron chi connectivity index (χ3n) is 5.11. The van der Waals surface area contributed by atoms with Crippen molar-refractivity contribution in [3.63, 3.8) is 0 Å². The lowest BCUT2D eigenvalue weighted by molar-refractivity contribution is 0.140. The van der Waals surface area contributed by atoms with Crippen molar-refractivity contribution in [3.05, 3.63) is 0 Å². The Hall–Kier alpha value is -0.0800. The first-order valence-electron chi connectivity index (χ1n) is 7.84. The van der Waals surface area contributed by atoms with Gasteiger partial charge in [0.1, 0.15) is 0 Å². The predicted octanol–water partition coefficient (Wildman–Crippen LogP) is 3.20. The fourth-order valence-electron chi connectivity index (χ4n) is 4.44. The number of hydrogen-bond donors (Lipinski definition) is 2. The van der Waals surface area contributed by atoms with Gasteiger partial charge >= 0.3 is 0 Å². The van der Waals surface area contributed by atoms with Crippen molar-refractivity contribution in [2.75, 3.05) is 13.2 Å². The van der Waals surface area contributed by atoms with E-state index in [1.807, 2.05) is 0 Å². The molecule has 0 aromatic heterocycles. The SMILES string of the molecule is CC1CC(NCC2CCCC2CO)CC(C)(C)C1. The molecule has 0 radical (unpaired) electrons. The van der Waals surface area contributed by atoms with Gasteiger partial charge in [0.15, 0.2) is 0 Å². The van der Waals surface area contributed by atoms with Crippen LogP contribution in [0.25, 0.3) is 0 Å². The quantitative estimate of drug-likeness (QED) is 0.806. The van der Waals surface area contributed by atoms with Crippen LogP contribution in [0.1, 0.15) is 59.3 Å². The Bertz CT molecular complexity index is 264. The molecule has 0 aromatic rings. The van der Waals surface area contributed by atoms with Crippen LogP contribution in [0.4, 0.5) is 0 Å². The maximum absolute atomic E-state index is 9.37. The van der Waals surface area contributed by atoms with Gasteiger partial charge in [-0.05, 0) is 61.8 Å². The third-order valence-corrected chi connectivity index (χ3v) is 5.11. The zero-order valence-electron chi connectivity index (χ0n) is 12.4. The number of nitrogens with one attached hydrogen (secondary N) is 1. The first-order chi connectivity index (χ1) is 8.50. The van der Waals surface area contributed by atoms with Gasteiger partial charge in [0.2, 0.25) is 0 Å².